The fourth-order valence-electron chi connectivity index (χ4n) is 1.14. The van der Waals surface area contributed by atoms with Gasteiger partial charge in [0, 0.05) is 6.54 Å². The third-order valence-electron chi connectivity index (χ3n) is 1.77. The SMILES string of the molecule is C=CNCCCc1ccccc1. The third-order valence-corrected chi connectivity index (χ3v) is 1.77. The zero-order chi connectivity index (χ0) is 8.65. The molecule has 1 aromatic rings. The molecule has 0 atom stereocenters. The van der Waals surface area contributed by atoms with Crippen molar-refractivity contribution in [3.8, 4) is 0 Å². The van der Waals surface area contributed by atoms with Crippen molar-refractivity contribution in [3.05, 3.63) is 48.7 Å². The van der Waals surface area contributed by atoms with E-state index in [1.165, 1.54) is 5.56 Å². The Morgan fingerprint density at radius 3 is 2.67 bits per heavy atom. The van der Waals surface area contributed by atoms with E-state index >= 15 is 0 Å². The zero-order valence-corrected chi connectivity index (χ0v) is 7.29. The Morgan fingerprint density at radius 2 is 2.00 bits per heavy atom. The number of hydrogen-bond acceptors (Lipinski definition) is 1. The second-order valence-electron chi connectivity index (χ2n) is 2.75. The number of rotatable bonds is 5. The largest absolute Gasteiger partial charge is 0.391 e. The Balaban J connectivity index is 2.20. The van der Waals surface area contributed by atoms with Crippen LogP contribution in [0.1, 0.15) is 12.0 Å². The lowest BCUT2D eigenvalue weighted by molar-refractivity contribution is 0.753. The van der Waals surface area contributed by atoms with Crippen molar-refractivity contribution in [1.82, 2.24) is 5.32 Å². The summed E-state index contributed by atoms with van der Waals surface area (Å²) in [5, 5.41) is 3.08. The summed E-state index contributed by atoms with van der Waals surface area (Å²) in [5.41, 5.74) is 1.41. The molecule has 0 saturated heterocycles. The molecule has 0 unspecified atom stereocenters. The molecule has 0 fully saturated rings. The van der Waals surface area contributed by atoms with Gasteiger partial charge in [-0.1, -0.05) is 36.9 Å². The Kier molecular flexibility index (Phi) is 4.00. The topological polar surface area (TPSA) is 12.0 Å². The molecule has 1 heteroatoms. The molecule has 1 aromatic carbocycles. The minimum atomic E-state index is 1.01. The van der Waals surface area contributed by atoms with E-state index in [0.29, 0.717) is 0 Å². The summed E-state index contributed by atoms with van der Waals surface area (Å²) in [5.74, 6) is 0. The highest BCUT2D eigenvalue weighted by Crippen LogP contribution is 2.00. The first-order valence-electron chi connectivity index (χ1n) is 4.31. The summed E-state index contributed by atoms with van der Waals surface area (Å²) >= 11 is 0. The van der Waals surface area contributed by atoms with E-state index in [2.05, 4.69) is 36.2 Å². The number of benzene rings is 1. The minimum absolute atomic E-state index is 1.01. The maximum absolute atomic E-state index is 3.59. The average molecular weight is 161 g/mol. The van der Waals surface area contributed by atoms with Crippen molar-refractivity contribution in [3.63, 3.8) is 0 Å². The van der Waals surface area contributed by atoms with Crippen molar-refractivity contribution in [2.24, 2.45) is 0 Å². The molecule has 0 saturated carbocycles. The highest BCUT2D eigenvalue weighted by atomic mass is 14.8. The molecule has 0 aliphatic carbocycles. The monoisotopic (exact) mass is 161 g/mol. The molecular weight excluding hydrogens is 146 g/mol. The number of aryl methyl sites for hydroxylation is 1. The van der Waals surface area contributed by atoms with Crippen LogP contribution in [-0.2, 0) is 6.42 Å². The van der Waals surface area contributed by atoms with Gasteiger partial charge in [0.1, 0.15) is 0 Å². The van der Waals surface area contributed by atoms with Gasteiger partial charge in [0.05, 0.1) is 0 Å². The van der Waals surface area contributed by atoms with Crippen molar-refractivity contribution >= 4 is 0 Å². The molecule has 0 amide bonds. The fraction of sp³-hybridized carbons (Fsp3) is 0.273. The van der Waals surface area contributed by atoms with Crippen LogP contribution < -0.4 is 5.32 Å². The van der Waals surface area contributed by atoms with Gasteiger partial charge in [-0.3, -0.25) is 0 Å². The van der Waals surface area contributed by atoms with Gasteiger partial charge in [-0.2, -0.15) is 0 Å². The van der Waals surface area contributed by atoms with Crippen LogP contribution in [0.3, 0.4) is 0 Å². The fourth-order valence-corrected chi connectivity index (χ4v) is 1.14. The van der Waals surface area contributed by atoms with Gasteiger partial charge in [0.25, 0.3) is 0 Å². The van der Waals surface area contributed by atoms with E-state index in [9.17, 15) is 0 Å². The van der Waals surface area contributed by atoms with Crippen LogP contribution in [0.15, 0.2) is 43.1 Å². The van der Waals surface area contributed by atoms with Gasteiger partial charge in [-0.05, 0) is 24.6 Å². The molecule has 12 heavy (non-hydrogen) atoms. The molecule has 0 radical (unpaired) electrons. The van der Waals surface area contributed by atoms with Gasteiger partial charge >= 0.3 is 0 Å². The summed E-state index contributed by atoms with van der Waals surface area (Å²) in [4.78, 5) is 0. The van der Waals surface area contributed by atoms with Crippen molar-refractivity contribution < 1.29 is 0 Å². The van der Waals surface area contributed by atoms with Gasteiger partial charge < -0.3 is 5.32 Å². The summed E-state index contributed by atoms with van der Waals surface area (Å²) in [7, 11) is 0. The molecule has 0 aliphatic heterocycles. The smallest absolute Gasteiger partial charge is 0.0144 e. The van der Waals surface area contributed by atoms with E-state index in [4.69, 9.17) is 0 Å². The summed E-state index contributed by atoms with van der Waals surface area (Å²) < 4.78 is 0. The lowest BCUT2D eigenvalue weighted by atomic mass is 10.1. The second kappa shape index (κ2) is 5.42. The van der Waals surface area contributed by atoms with Gasteiger partial charge in [0.2, 0.25) is 0 Å². The first-order valence-corrected chi connectivity index (χ1v) is 4.31. The highest BCUT2D eigenvalue weighted by molar-refractivity contribution is 5.14. The standard InChI is InChI=1S/C11H15N/c1-2-12-10-6-9-11-7-4-3-5-8-11/h2-5,7-8,12H,1,6,9-10H2. The van der Waals surface area contributed by atoms with E-state index in [-0.39, 0.29) is 0 Å². The molecule has 1 nitrogen and oxygen atoms in total. The Morgan fingerprint density at radius 1 is 1.25 bits per heavy atom. The molecule has 0 aliphatic rings. The molecule has 0 bridgehead atoms. The maximum atomic E-state index is 3.59. The van der Waals surface area contributed by atoms with Crippen LogP contribution in [0, 0.1) is 0 Å². The highest BCUT2D eigenvalue weighted by Gasteiger charge is 1.89. The summed E-state index contributed by atoms with van der Waals surface area (Å²) in [6.07, 6.45) is 4.04. The van der Waals surface area contributed by atoms with Gasteiger partial charge in [-0.25, -0.2) is 0 Å². The van der Waals surface area contributed by atoms with E-state index in [1.54, 1.807) is 6.20 Å². The van der Waals surface area contributed by atoms with Crippen LogP contribution in [0.4, 0.5) is 0 Å². The molecule has 0 spiro atoms. The van der Waals surface area contributed by atoms with Crippen molar-refractivity contribution in [2.75, 3.05) is 6.54 Å². The molecule has 1 rings (SSSR count). The van der Waals surface area contributed by atoms with Crippen molar-refractivity contribution in [2.45, 2.75) is 12.8 Å². The normalized spacial score (nSPS) is 9.33. The van der Waals surface area contributed by atoms with E-state index < -0.39 is 0 Å². The first-order chi connectivity index (χ1) is 5.93. The summed E-state index contributed by atoms with van der Waals surface area (Å²) in [6, 6.07) is 10.5. The number of nitrogens with one attached hydrogen (secondary N) is 1. The van der Waals surface area contributed by atoms with Crippen LogP contribution in [-0.4, -0.2) is 6.54 Å². The van der Waals surface area contributed by atoms with Gasteiger partial charge in [0.15, 0.2) is 0 Å². The predicted octanol–water partition coefficient (Wildman–Crippen LogP) is 2.35. The average Bonchev–Trinajstić information content (AvgIpc) is 2.14. The minimum Gasteiger partial charge on any atom is -0.391 e. The van der Waals surface area contributed by atoms with Crippen LogP contribution in [0.2, 0.25) is 0 Å². The lowest BCUT2D eigenvalue weighted by Gasteiger charge is -2.00. The lowest BCUT2D eigenvalue weighted by Crippen LogP contribution is -2.06. The van der Waals surface area contributed by atoms with Crippen molar-refractivity contribution in [1.29, 1.82) is 0 Å². The van der Waals surface area contributed by atoms with Crippen LogP contribution in [0.25, 0.3) is 0 Å². The molecule has 64 valence electrons. The molecule has 0 heterocycles. The third kappa shape index (κ3) is 3.24. The quantitative estimate of drug-likeness (QED) is 0.654. The second-order valence-corrected chi connectivity index (χ2v) is 2.75. The molecule has 1 N–H and O–H groups in total. The maximum Gasteiger partial charge on any atom is 0.0144 e. The van der Waals surface area contributed by atoms with E-state index in [1.807, 2.05) is 6.07 Å². The van der Waals surface area contributed by atoms with Crippen LogP contribution in [0.5, 0.6) is 0 Å². The molecule has 0 aromatic heterocycles. The zero-order valence-electron chi connectivity index (χ0n) is 7.29. The van der Waals surface area contributed by atoms with Gasteiger partial charge in [-0.15, -0.1) is 0 Å². The number of hydrogen-bond donors (Lipinski definition) is 1. The Bertz CT molecular complexity index is 216. The Hall–Kier alpha value is -1.24. The molecular formula is C11H15N. The van der Waals surface area contributed by atoms with E-state index in [0.717, 1.165) is 19.4 Å². The Labute approximate surface area is 74.1 Å². The summed E-state index contributed by atoms with van der Waals surface area (Å²) in [6.45, 7) is 4.61. The first kappa shape index (κ1) is 8.85. The van der Waals surface area contributed by atoms with Crippen LogP contribution >= 0.6 is 0 Å². The predicted molar refractivity (Wildman–Crippen MR) is 53.0 cm³/mol.